The summed E-state index contributed by atoms with van der Waals surface area (Å²) in [6.45, 7) is 0. The Bertz CT molecular complexity index is 625. The van der Waals surface area contributed by atoms with Gasteiger partial charge in [-0.25, -0.2) is 4.98 Å². The molecule has 0 saturated heterocycles. The Morgan fingerprint density at radius 2 is 2.44 bits per heavy atom. The molecule has 0 radical (unpaired) electrons. The highest BCUT2D eigenvalue weighted by atomic mass is 15.3. The number of H-pyrrole nitrogens is 1. The first-order valence-electron chi connectivity index (χ1n) is 5.21. The molecule has 0 saturated carbocycles. The summed E-state index contributed by atoms with van der Waals surface area (Å²) in [6, 6.07) is 0. The van der Waals surface area contributed by atoms with E-state index in [4.69, 9.17) is 11.8 Å². The summed E-state index contributed by atoms with van der Waals surface area (Å²) in [5.74, 6) is 3.04. The molecule has 0 fully saturated rings. The molecule has 0 aromatic carbocycles. The number of terminal acetylenes is 1. The van der Waals surface area contributed by atoms with E-state index in [0.29, 0.717) is 17.2 Å². The summed E-state index contributed by atoms with van der Waals surface area (Å²) in [5, 5.41) is 14.3. The lowest BCUT2D eigenvalue weighted by Gasteiger charge is -2.05. The SMILES string of the molecule is C#Cc1cnc(/C(=C\C=N)Nc2cnn(C)c2)[nH]1. The number of imidazole rings is 1. The Labute approximate surface area is 104 Å². The van der Waals surface area contributed by atoms with Gasteiger partial charge in [-0.1, -0.05) is 5.92 Å². The first-order valence-corrected chi connectivity index (χ1v) is 5.21. The van der Waals surface area contributed by atoms with E-state index < -0.39 is 0 Å². The number of aromatic amines is 1. The lowest BCUT2D eigenvalue weighted by atomic mass is 10.3. The molecule has 2 rings (SSSR count). The molecule has 0 aliphatic rings. The first kappa shape index (κ1) is 11.7. The Morgan fingerprint density at radius 3 is 3.00 bits per heavy atom. The van der Waals surface area contributed by atoms with Crippen LogP contribution in [-0.4, -0.2) is 26.0 Å². The maximum atomic E-state index is 7.16. The van der Waals surface area contributed by atoms with Gasteiger partial charge in [-0.05, 0) is 6.08 Å². The Morgan fingerprint density at radius 1 is 1.61 bits per heavy atom. The molecule has 2 heterocycles. The van der Waals surface area contributed by atoms with Gasteiger partial charge in [-0.2, -0.15) is 5.10 Å². The zero-order valence-electron chi connectivity index (χ0n) is 9.81. The van der Waals surface area contributed by atoms with E-state index in [0.717, 1.165) is 5.69 Å². The highest BCUT2D eigenvalue weighted by Gasteiger charge is 2.06. The van der Waals surface area contributed by atoms with Crippen LogP contribution in [-0.2, 0) is 7.05 Å². The van der Waals surface area contributed by atoms with Crippen LogP contribution in [0.1, 0.15) is 11.5 Å². The van der Waals surface area contributed by atoms with Crippen LogP contribution in [0.5, 0.6) is 0 Å². The molecule has 0 spiro atoms. The quantitative estimate of drug-likeness (QED) is 0.555. The third-order valence-corrected chi connectivity index (χ3v) is 2.22. The average molecular weight is 240 g/mol. The van der Waals surface area contributed by atoms with Gasteiger partial charge in [0.1, 0.15) is 5.69 Å². The lowest BCUT2D eigenvalue weighted by Crippen LogP contribution is -2.00. The highest BCUT2D eigenvalue weighted by Crippen LogP contribution is 2.14. The normalized spacial score (nSPS) is 11.0. The molecule has 90 valence electrons. The van der Waals surface area contributed by atoms with Crippen LogP contribution in [0.25, 0.3) is 5.70 Å². The maximum Gasteiger partial charge on any atom is 0.154 e. The Balaban J connectivity index is 2.27. The van der Waals surface area contributed by atoms with Crippen molar-refractivity contribution in [1.82, 2.24) is 19.7 Å². The molecule has 0 aliphatic carbocycles. The Hall–Kier alpha value is -2.81. The van der Waals surface area contributed by atoms with E-state index in [1.807, 2.05) is 13.2 Å². The van der Waals surface area contributed by atoms with Crippen molar-refractivity contribution in [2.45, 2.75) is 0 Å². The van der Waals surface area contributed by atoms with E-state index >= 15 is 0 Å². The van der Waals surface area contributed by atoms with E-state index in [9.17, 15) is 0 Å². The van der Waals surface area contributed by atoms with Crippen molar-refractivity contribution < 1.29 is 0 Å². The molecule has 2 aromatic rings. The van der Waals surface area contributed by atoms with Gasteiger partial charge in [0, 0.05) is 19.5 Å². The van der Waals surface area contributed by atoms with Crippen LogP contribution < -0.4 is 5.32 Å². The summed E-state index contributed by atoms with van der Waals surface area (Å²) >= 11 is 0. The highest BCUT2D eigenvalue weighted by molar-refractivity contribution is 5.86. The second-order valence-electron chi connectivity index (χ2n) is 3.56. The van der Waals surface area contributed by atoms with Crippen molar-refractivity contribution in [1.29, 1.82) is 5.41 Å². The summed E-state index contributed by atoms with van der Waals surface area (Å²) in [6.07, 6.45) is 13.1. The minimum absolute atomic E-state index is 0.579. The summed E-state index contributed by atoms with van der Waals surface area (Å²) in [7, 11) is 1.83. The van der Waals surface area contributed by atoms with Crippen molar-refractivity contribution in [2.75, 3.05) is 5.32 Å². The average Bonchev–Trinajstić information content (AvgIpc) is 2.97. The van der Waals surface area contributed by atoms with Crippen molar-refractivity contribution >= 4 is 17.6 Å². The zero-order valence-corrected chi connectivity index (χ0v) is 9.81. The van der Waals surface area contributed by atoms with Gasteiger partial charge in [0.2, 0.25) is 0 Å². The predicted octanol–water partition coefficient (Wildman–Crippen LogP) is 1.23. The summed E-state index contributed by atoms with van der Waals surface area (Å²) in [4.78, 5) is 7.12. The number of nitrogens with one attached hydrogen (secondary N) is 3. The van der Waals surface area contributed by atoms with Gasteiger partial charge in [0.05, 0.1) is 23.8 Å². The standard InChI is InChI=1S/C12H12N6/c1-3-9-6-14-12(17-9)11(4-5-13)16-10-7-15-18(2)8-10/h1,4-8,13,16H,2H3,(H,14,17)/b11-4+,13-5?. The first-order chi connectivity index (χ1) is 8.72. The molecule has 0 unspecified atom stereocenters. The van der Waals surface area contributed by atoms with Gasteiger partial charge in [0.15, 0.2) is 5.82 Å². The molecule has 0 atom stereocenters. The van der Waals surface area contributed by atoms with Crippen molar-refractivity contribution in [3.63, 3.8) is 0 Å². The fourth-order valence-corrected chi connectivity index (χ4v) is 1.44. The molecule has 0 amide bonds. The summed E-state index contributed by atoms with van der Waals surface area (Å²) in [5.41, 5.74) is 2.05. The van der Waals surface area contributed by atoms with Crippen LogP contribution in [0.15, 0.2) is 24.7 Å². The van der Waals surface area contributed by atoms with Crippen LogP contribution in [0.4, 0.5) is 5.69 Å². The molecule has 0 bridgehead atoms. The van der Waals surface area contributed by atoms with Crippen LogP contribution in [0.2, 0.25) is 0 Å². The van der Waals surface area contributed by atoms with Gasteiger partial charge >= 0.3 is 0 Å². The van der Waals surface area contributed by atoms with E-state index in [1.54, 1.807) is 23.2 Å². The van der Waals surface area contributed by atoms with Crippen molar-refractivity contribution in [3.05, 3.63) is 36.2 Å². The zero-order chi connectivity index (χ0) is 13.0. The second kappa shape index (κ2) is 5.01. The van der Waals surface area contributed by atoms with Crippen LogP contribution in [0.3, 0.4) is 0 Å². The van der Waals surface area contributed by atoms with Crippen molar-refractivity contribution in [3.8, 4) is 12.3 Å². The number of hydrogen-bond acceptors (Lipinski definition) is 4. The summed E-state index contributed by atoms with van der Waals surface area (Å²) < 4.78 is 1.68. The number of anilines is 1. The third kappa shape index (κ3) is 2.47. The monoisotopic (exact) mass is 240 g/mol. The number of aromatic nitrogens is 4. The topological polar surface area (TPSA) is 82.4 Å². The minimum atomic E-state index is 0.579. The smallest absolute Gasteiger partial charge is 0.154 e. The number of hydrogen-bond donors (Lipinski definition) is 3. The fraction of sp³-hybridized carbons (Fsp3) is 0.0833. The molecule has 6 heteroatoms. The molecule has 18 heavy (non-hydrogen) atoms. The fourth-order valence-electron chi connectivity index (χ4n) is 1.44. The van der Waals surface area contributed by atoms with Crippen molar-refractivity contribution in [2.24, 2.45) is 7.05 Å². The van der Waals surface area contributed by atoms with Gasteiger partial charge in [0.25, 0.3) is 0 Å². The van der Waals surface area contributed by atoms with E-state index in [2.05, 4.69) is 26.3 Å². The minimum Gasteiger partial charge on any atom is -0.350 e. The third-order valence-electron chi connectivity index (χ3n) is 2.22. The molecule has 3 N–H and O–H groups in total. The number of allylic oxidation sites excluding steroid dienone is 1. The van der Waals surface area contributed by atoms with Gasteiger partial charge < -0.3 is 15.7 Å². The molecule has 2 aromatic heterocycles. The predicted molar refractivity (Wildman–Crippen MR) is 70.1 cm³/mol. The van der Waals surface area contributed by atoms with Crippen LogP contribution in [0, 0.1) is 17.8 Å². The van der Waals surface area contributed by atoms with Gasteiger partial charge in [-0.15, -0.1) is 6.42 Å². The second-order valence-corrected chi connectivity index (χ2v) is 3.56. The number of rotatable bonds is 4. The number of nitrogens with zero attached hydrogens (tertiary/aromatic N) is 3. The maximum absolute atomic E-state index is 7.16. The van der Waals surface area contributed by atoms with E-state index in [1.165, 1.54) is 6.21 Å². The molecular formula is C12H12N6. The molecule has 6 nitrogen and oxygen atoms in total. The van der Waals surface area contributed by atoms with E-state index in [-0.39, 0.29) is 0 Å². The molecule has 0 aliphatic heterocycles. The van der Waals surface area contributed by atoms with Gasteiger partial charge in [-0.3, -0.25) is 4.68 Å². The number of aryl methyl sites for hydroxylation is 1. The Kier molecular flexibility index (Phi) is 3.25. The lowest BCUT2D eigenvalue weighted by molar-refractivity contribution is 0.768. The largest absolute Gasteiger partial charge is 0.350 e. The van der Waals surface area contributed by atoms with Crippen LogP contribution >= 0.6 is 0 Å². The molecular weight excluding hydrogens is 228 g/mol.